The summed E-state index contributed by atoms with van der Waals surface area (Å²) in [6.45, 7) is 1.63. The normalized spacial score (nSPS) is 18.9. The van der Waals surface area contributed by atoms with E-state index in [4.69, 9.17) is 34.2 Å². The Morgan fingerprint density at radius 3 is 2.06 bits per heavy atom. The van der Waals surface area contributed by atoms with Gasteiger partial charge in [0, 0.05) is 38.9 Å². The van der Waals surface area contributed by atoms with Crippen molar-refractivity contribution in [1.29, 1.82) is 0 Å². The van der Waals surface area contributed by atoms with E-state index in [-0.39, 0.29) is 19.5 Å². The summed E-state index contributed by atoms with van der Waals surface area (Å²) in [5.74, 6) is 2.49. The molecule has 1 aliphatic heterocycles. The molecule has 1 heterocycles. The molecule has 2 aromatic rings. The summed E-state index contributed by atoms with van der Waals surface area (Å²) in [5, 5.41) is 0. The summed E-state index contributed by atoms with van der Waals surface area (Å²) < 4.78 is 33.9. The SMILES string of the molecule is COCOc1ccc(C2(OC)COc3cc(OCOC)ccc3C2CCCCCCCCCN)cc1. The molecule has 7 nitrogen and oxygen atoms in total. The van der Waals surface area contributed by atoms with Crippen LogP contribution in [0.5, 0.6) is 17.2 Å². The van der Waals surface area contributed by atoms with E-state index < -0.39 is 5.60 Å². The summed E-state index contributed by atoms with van der Waals surface area (Å²) in [4.78, 5) is 0. The van der Waals surface area contributed by atoms with Crippen molar-refractivity contribution in [2.45, 2.75) is 62.9 Å². The van der Waals surface area contributed by atoms with Gasteiger partial charge in [0.2, 0.25) is 0 Å². The Morgan fingerprint density at radius 1 is 0.806 bits per heavy atom. The number of benzene rings is 2. The lowest BCUT2D eigenvalue weighted by atomic mass is 9.73. The molecular formula is C29H43NO6. The molecule has 2 aromatic carbocycles. The van der Waals surface area contributed by atoms with Crippen LogP contribution < -0.4 is 19.9 Å². The van der Waals surface area contributed by atoms with Crippen LogP contribution in [0, 0.1) is 0 Å². The molecule has 0 amide bonds. The zero-order chi connectivity index (χ0) is 25.6. The Bertz CT molecular complexity index is 890. The van der Waals surface area contributed by atoms with Gasteiger partial charge in [-0.05, 0) is 43.1 Å². The Labute approximate surface area is 216 Å². The molecule has 1 aliphatic rings. The van der Waals surface area contributed by atoms with E-state index in [0.717, 1.165) is 54.2 Å². The van der Waals surface area contributed by atoms with Crippen molar-refractivity contribution in [2.24, 2.45) is 5.73 Å². The van der Waals surface area contributed by atoms with Crippen molar-refractivity contribution < 1.29 is 28.4 Å². The van der Waals surface area contributed by atoms with Gasteiger partial charge in [-0.15, -0.1) is 0 Å². The lowest BCUT2D eigenvalue weighted by Gasteiger charge is -2.44. The third-order valence-electron chi connectivity index (χ3n) is 6.96. The fourth-order valence-electron chi connectivity index (χ4n) is 5.01. The van der Waals surface area contributed by atoms with Crippen molar-refractivity contribution in [1.82, 2.24) is 0 Å². The third kappa shape index (κ3) is 7.35. The highest BCUT2D eigenvalue weighted by Crippen LogP contribution is 2.50. The predicted molar refractivity (Wildman–Crippen MR) is 141 cm³/mol. The highest BCUT2D eigenvalue weighted by Gasteiger charge is 2.46. The highest BCUT2D eigenvalue weighted by atomic mass is 16.7. The van der Waals surface area contributed by atoms with Gasteiger partial charge in [-0.3, -0.25) is 0 Å². The lowest BCUT2D eigenvalue weighted by molar-refractivity contribution is -0.0842. The summed E-state index contributed by atoms with van der Waals surface area (Å²) in [5.41, 5.74) is 7.24. The van der Waals surface area contributed by atoms with Gasteiger partial charge in [-0.1, -0.05) is 56.7 Å². The van der Waals surface area contributed by atoms with E-state index in [1.807, 2.05) is 24.3 Å². The number of hydrogen-bond acceptors (Lipinski definition) is 7. The van der Waals surface area contributed by atoms with Crippen LogP contribution in [-0.4, -0.2) is 48.1 Å². The Kier molecular flexibility index (Phi) is 11.8. The molecule has 0 fully saturated rings. The summed E-state index contributed by atoms with van der Waals surface area (Å²) in [7, 11) is 5.01. The second kappa shape index (κ2) is 15.1. The molecule has 0 aliphatic carbocycles. The standard InChI is InChI=1S/C29H43NO6/c1-31-21-35-24-14-12-23(13-15-24)29(33-3)20-34-28-19-25(36-22-32-2)16-17-26(28)27(29)11-9-7-5-4-6-8-10-18-30/h12-17,19,27H,4-11,18,20-22,30H2,1-3H3. The molecule has 2 N–H and O–H groups in total. The van der Waals surface area contributed by atoms with Crippen LogP contribution in [0.1, 0.15) is 68.4 Å². The van der Waals surface area contributed by atoms with E-state index in [0.29, 0.717) is 6.61 Å². The molecule has 0 bridgehead atoms. The summed E-state index contributed by atoms with van der Waals surface area (Å²) in [6.07, 6.45) is 9.47. The first-order chi connectivity index (χ1) is 17.7. The number of unbranched alkanes of at least 4 members (excludes halogenated alkanes) is 6. The number of methoxy groups -OCH3 is 3. The topological polar surface area (TPSA) is 81.4 Å². The zero-order valence-electron chi connectivity index (χ0n) is 22.1. The average molecular weight is 502 g/mol. The lowest BCUT2D eigenvalue weighted by Crippen LogP contribution is -2.44. The van der Waals surface area contributed by atoms with Crippen LogP contribution in [0.4, 0.5) is 0 Å². The van der Waals surface area contributed by atoms with Crippen molar-refractivity contribution >= 4 is 0 Å². The van der Waals surface area contributed by atoms with Gasteiger partial charge < -0.3 is 34.2 Å². The minimum absolute atomic E-state index is 0.144. The van der Waals surface area contributed by atoms with Gasteiger partial charge >= 0.3 is 0 Å². The fourth-order valence-corrected chi connectivity index (χ4v) is 5.01. The molecule has 0 saturated carbocycles. The fraction of sp³-hybridized carbons (Fsp3) is 0.586. The third-order valence-corrected chi connectivity index (χ3v) is 6.96. The maximum absolute atomic E-state index is 6.32. The highest BCUT2D eigenvalue weighted by molar-refractivity contribution is 5.48. The van der Waals surface area contributed by atoms with Crippen molar-refractivity contribution in [3.63, 3.8) is 0 Å². The number of hydrogen-bond donors (Lipinski definition) is 1. The minimum atomic E-state index is -0.594. The molecule has 2 unspecified atom stereocenters. The van der Waals surface area contributed by atoms with Crippen LogP contribution >= 0.6 is 0 Å². The van der Waals surface area contributed by atoms with E-state index in [1.54, 1.807) is 21.3 Å². The van der Waals surface area contributed by atoms with E-state index >= 15 is 0 Å². The first-order valence-electron chi connectivity index (χ1n) is 13.0. The summed E-state index contributed by atoms with van der Waals surface area (Å²) >= 11 is 0. The first kappa shape index (κ1) is 28.3. The minimum Gasteiger partial charge on any atom is -0.490 e. The summed E-state index contributed by atoms with van der Waals surface area (Å²) in [6, 6.07) is 14.1. The van der Waals surface area contributed by atoms with Gasteiger partial charge in [-0.2, -0.15) is 0 Å². The second-order valence-corrected chi connectivity index (χ2v) is 9.31. The zero-order valence-corrected chi connectivity index (χ0v) is 22.1. The van der Waals surface area contributed by atoms with Gasteiger partial charge in [0.25, 0.3) is 0 Å². The average Bonchev–Trinajstić information content (AvgIpc) is 2.92. The predicted octanol–water partition coefficient (Wildman–Crippen LogP) is 5.75. The van der Waals surface area contributed by atoms with Crippen LogP contribution in [0.2, 0.25) is 0 Å². The number of fused-ring (bicyclic) bond motifs is 1. The van der Waals surface area contributed by atoms with Crippen molar-refractivity contribution in [3.8, 4) is 17.2 Å². The van der Waals surface area contributed by atoms with Crippen molar-refractivity contribution in [3.05, 3.63) is 53.6 Å². The van der Waals surface area contributed by atoms with Crippen LogP contribution in [0.15, 0.2) is 42.5 Å². The van der Waals surface area contributed by atoms with E-state index in [2.05, 4.69) is 18.2 Å². The van der Waals surface area contributed by atoms with Crippen LogP contribution in [0.3, 0.4) is 0 Å². The number of ether oxygens (including phenoxy) is 6. The van der Waals surface area contributed by atoms with E-state index in [1.165, 1.54) is 32.1 Å². The Balaban J connectivity index is 1.79. The molecule has 200 valence electrons. The molecule has 0 aromatic heterocycles. The van der Waals surface area contributed by atoms with Crippen molar-refractivity contribution in [2.75, 3.05) is 48.1 Å². The maximum Gasteiger partial charge on any atom is 0.188 e. The Hall–Kier alpha value is -2.32. The molecule has 36 heavy (non-hydrogen) atoms. The second-order valence-electron chi connectivity index (χ2n) is 9.31. The van der Waals surface area contributed by atoms with Gasteiger partial charge in [0.05, 0.1) is 0 Å². The molecule has 0 spiro atoms. The smallest absolute Gasteiger partial charge is 0.188 e. The number of rotatable bonds is 17. The Morgan fingerprint density at radius 2 is 1.42 bits per heavy atom. The van der Waals surface area contributed by atoms with Gasteiger partial charge in [0.1, 0.15) is 29.5 Å². The van der Waals surface area contributed by atoms with Crippen LogP contribution in [0.25, 0.3) is 0 Å². The van der Waals surface area contributed by atoms with Crippen LogP contribution in [-0.2, 0) is 19.8 Å². The molecular weight excluding hydrogens is 458 g/mol. The monoisotopic (exact) mass is 501 g/mol. The van der Waals surface area contributed by atoms with E-state index in [9.17, 15) is 0 Å². The van der Waals surface area contributed by atoms with Gasteiger partial charge in [0.15, 0.2) is 13.6 Å². The number of nitrogens with two attached hydrogens (primary N) is 1. The molecule has 0 radical (unpaired) electrons. The molecule has 2 atom stereocenters. The largest absolute Gasteiger partial charge is 0.490 e. The first-order valence-corrected chi connectivity index (χ1v) is 13.0. The van der Waals surface area contributed by atoms with Gasteiger partial charge in [-0.25, -0.2) is 0 Å². The quantitative estimate of drug-likeness (QED) is 0.218. The molecule has 0 saturated heterocycles. The maximum atomic E-state index is 6.32. The molecule has 7 heteroatoms. The molecule has 3 rings (SSSR count).